The van der Waals surface area contributed by atoms with Gasteiger partial charge in [0.15, 0.2) is 0 Å². The van der Waals surface area contributed by atoms with Crippen molar-refractivity contribution in [2.75, 3.05) is 19.8 Å². The van der Waals surface area contributed by atoms with Gasteiger partial charge in [-0.2, -0.15) is 0 Å². The molecule has 15 heavy (non-hydrogen) atoms. The summed E-state index contributed by atoms with van der Waals surface area (Å²) in [6.07, 6.45) is 8.69. The average molecular weight is 210 g/mol. The molecule has 1 heterocycles. The molecular formula is C12H18O3. The van der Waals surface area contributed by atoms with Crippen LogP contribution in [0, 0.1) is 11.8 Å². The lowest BCUT2D eigenvalue weighted by molar-refractivity contribution is -0.149. The van der Waals surface area contributed by atoms with Crippen LogP contribution in [0.15, 0.2) is 12.2 Å². The maximum atomic E-state index is 11.6. The Balaban J connectivity index is 1.70. The van der Waals surface area contributed by atoms with Gasteiger partial charge in [0.1, 0.15) is 0 Å². The molecule has 2 atom stereocenters. The molecule has 2 aliphatic rings. The van der Waals surface area contributed by atoms with E-state index in [1.165, 1.54) is 12.8 Å². The quantitative estimate of drug-likeness (QED) is 0.527. The van der Waals surface area contributed by atoms with Gasteiger partial charge in [0.25, 0.3) is 0 Å². The molecule has 2 unspecified atom stereocenters. The van der Waals surface area contributed by atoms with Crippen molar-refractivity contribution in [3.8, 4) is 0 Å². The van der Waals surface area contributed by atoms with Crippen LogP contribution in [0.4, 0.5) is 0 Å². The molecule has 1 fully saturated rings. The van der Waals surface area contributed by atoms with E-state index in [1.54, 1.807) is 0 Å². The Kier molecular flexibility index (Phi) is 3.78. The van der Waals surface area contributed by atoms with Crippen molar-refractivity contribution >= 4 is 5.97 Å². The van der Waals surface area contributed by atoms with Crippen molar-refractivity contribution in [2.45, 2.75) is 25.7 Å². The average Bonchev–Trinajstić information content (AvgIpc) is 2.81. The molecule has 3 heteroatoms. The first kappa shape index (κ1) is 10.7. The molecule has 0 amide bonds. The van der Waals surface area contributed by atoms with Gasteiger partial charge in [-0.1, -0.05) is 12.2 Å². The largest absolute Gasteiger partial charge is 0.465 e. The predicted molar refractivity (Wildman–Crippen MR) is 56.4 cm³/mol. The predicted octanol–water partition coefficient (Wildman–Crippen LogP) is 1.92. The van der Waals surface area contributed by atoms with Crippen molar-refractivity contribution in [1.82, 2.24) is 0 Å². The van der Waals surface area contributed by atoms with E-state index in [2.05, 4.69) is 12.2 Å². The minimum absolute atomic E-state index is 0.0161. The minimum atomic E-state index is -0.0773. The van der Waals surface area contributed by atoms with Crippen LogP contribution in [0.5, 0.6) is 0 Å². The van der Waals surface area contributed by atoms with E-state index >= 15 is 0 Å². The highest BCUT2D eigenvalue weighted by atomic mass is 16.5. The fourth-order valence-electron chi connectivity index (χ4n) is 2.05. The highest BCUT2D eigenvalue weighted by molar-refractivity contribution is 5.72. The van der Waals surface area contributed by atoms with Gasteiger partial charge in [-0.25, -0.2) is 0 Å². The third kappa shape index (κ3) is 3.06. The topological polar surface area (TPSA) is 35.5 Å². The van der Waals surface area contributed by atoms with Crippen molar-refractivity contribution in [3.05, 3.63) is 12.2 Å². The van der Waals surface area contributed by atoms with Gasteiger partial charge in [0.2, 0.25) is 0 Å². The molecule has 3 nitrogen and oxygen atoms in total. The second-order valence-corrected chi connectivity index (χ2v) is 4.31. The molecule has 0 aromatic rings. The normalized spacial score (nSPS) is 30.4. The standard InChI is InChI=1S/C12H18O3/c13-12(11-6-7-14-9-11)15-8-10-4-2-1-3-5-10/h2,4,10-11H,1,3,5-9H2. The SMILES string of the molecule is O=C(OCC1C=CCCC1)C1CCOC1. The number of carbonyl (C=O) groups is 1. The third-order valence-electron chi connectivity index (χ3n) is 3.06. The second-order valence-electron chi connectivity index (χ2n) is 4.31. The number of esters is 1. The highest BCUT2D eigenvalue weighted by Gasteiger charge is 2.25. The molecule has 0 N–H and O–H groups in total. The van der Waals surface area contributed by atoms with E-state index in [0.29, 0.717) is 25.7 Å². The fourth-order valence-corrected chi connectivity index (χ4v) is 2.05. The van der Waals surface area contributed by atoms with E-state index in [9.17, 15) is 4.79 Å². The first-order valence-corrected chi connectivity index (χ1v) is 5.77. The Hall–Kier alpha value is -0.830. The summed E-state index contributed by atoms with van der Waals surface area (Å²) in [5.41, 5.74) is 0. The minimum Gasteiger partial charge on any atom is -0.465 e. The summed E-state index contributed by atoms with van der Waals surface area (Å²) in [5, 5.41) is 0. The van der Waals surface area contributed by atoms with Crippen LogP contribution in [0.2, 0.25) is 0 Å². The van der Waals surface area contributed by atoms with Crippen LogP contribution in [0.25, 0.3) is 0 Å². The number of ether oxygens (including phenoxy) is 2. The molecular weight excluding hydrogens is 192 g/mol. The van der Waals surface area contributed by atoms with E-state index in [4.69, 9.17) is 9.47 Å². The van der Waals surface area contributed by atoms with Crippen LogP contribution in [-0.2, 0) is 14.3 Å². The van der Waals surface area contributed by atoms with Crippen molar-refractivity contribution in [1.29, 1.82) is 0 Å². The zero-order valence-electron chi connectivity index (χ0n) is 8.98. The van der Waals surface area contributed by atoms with Crippen molar-refractivity contribution in [2.24, 2.45) is 11.8 Å². The lowest BCUT2D eigenvalue weighted by atomic mass is 9.97. The number of hydrogen-bond donors (Lipinski definition) is 0. The lowest BCUT2D eigenvalue weighted by Gasteiger charge is -2.17. The monoisotopic (exact) mass is 210 g/mol. The Bertz CT molecular complexity index is 241. The van der Waals surface area contributed by atoms with Gasteiger partial charge < -0.3 is 9.47 Å². The molecule has 0 radical (unpaired) electrons. The van der Waals surface area contributed by atoms with Crippen molar-refractivity contribution in [3.63, 3.8) is 0 Å². The first-order valence-electron chi connectivity index (χ1n) is 5.77. The molecule has 0 saturated carbocycles. The zero-order valence-corrected chi connectivity index (χ0v) is 8.98. The molecule has 0 bridgehead atoms. The third-order valence-corrected chi connectivity index (χ3v) is 3.06. The van der Waals surface area contributed by atoms with Crippen molar-refractivity contribution < 1.29 is 14.3 Å². The smallest absolute Gasteiger partial charge is 0.311 e. The maximum absolute atomic E-state index is 11.6. The molecule has 84 valence electrons. The summed E-state index contributed by atoms with van der Waals surface area (Å²) in [5.74, 6) is 0.342. The van der Waals surface area contributed by atoms with E-state index in [1.807, 2.05) is 0 Å². The van der Waals surface area contributed by atoms with E-state index < -0.39 is 0 Å². The lowest BCUT2D eigenvalue weighted by Crippen LogP contribution is -2.21. The molecule has 2 rings (SSSR count). The highest BCUT2D eigenvalue weighted by Crippen LogP contribution is 2.19. The van der Waals surface area contributed by atoms with Gasteiger partial charge in [0.05, 0.1) is 19.1 Å². The number of carbonyl (C=O) groups excluding carboxylic acids is 1. The molecule has 1 saturated heterocycles. The van der Waals surface area contributed by atoms with Crippen LogP contribution in [-0.4, -0.2) is 25.8 Å². The van der Waals surface area contributed by atoms with Gasteiger partial charge >= 0.3 is 5.97 Å². The van der Waals surface area contributed by atoms with Crippen LogP contribution in [0.3, 0.4) is 0 Å². The summed E-state index contributed by atoms with van der Waals surface area (Å²) < 4.78 is 10.5. The van der Waals surface area contributed by atoms with Crippen LogP contribution >= 0.6 is 0 Å². The molecule has 0 aromatic carbocycles. The second kappa shape index (κ2) is 5.31. The van der Waals surface area contributed by atoms with Crippen LogP contribution < -0.4 is 0 Å². The summed E-state index contributed by atoms with van der Waals surface area (Å²) >= 11 is 0. The molecule has 1 aliphatic heterocycles. The molecule has 1 aliphatic carbocycles. The van der Waals surface area contributed by atoms with E-state index in [0.717, 1.165) is 12.8 Å². The van der Waals surface area contributed by atoms with Gasteiger partial charge in [0, 0.05) is 12.5 Å². The van der Waals surface area contributed by atoms with Gasteiger partial charge in [-0.3, -0.25) is 4.79 Å². The molecule has 0 spiro atoms. The summed E-state index contributed by atoms with van der Waals surface area (Å²) in [4.78, 5) is 11.6. The number of hydrogen-bond acceptors (Lipinski definition) is 3. The maximum Gasteiger partial charge on any atom is 0.311 e. The summed E-state index contributed by atoms with van der Waals surface area (Å²) in [7, 11) is 0. The Morgan fingerprint density at radius 2 is 2.40 bits per heavy atom. The summed E-state index contributed by atoms with van der Waals surface area (Å²) in [6.45, 7) is 1.79. The number of allylic oxidation sites excluding steroid dienone is 1. The fraction of sp³-hybridized carbons (Fsp3) is 0.750. The van der Waals surface area contributed by atoms with Gasteiger partial charge in [-0.15, -0.1) is 0 Å². The first-order chi connectivity index (χ1) is 7.36. The Labute approximate surface area is 90.4 Å². The van der Waals surface area contributed by atoms with E-state index in [-0.39, 0.29) is 11.9 Å². The molecule has 0 aromatic heterocycles. The zero-order chi connectivity index (χ0) is 10.5. The Morgan fingerprint density at radius 3 is 3.07 bits per heavy atom. The Morgan fingerprint density at radius 1 is 1.47 bits per heavy atom. The summed E-state index contributed by atoms with van der Waals surface area (Å²) in [6, 6.07) is 0. The number of rotatable bonds is 3. The van der Waals surface area contributed by atoms with Gasteiger partial charge in [-0.05, 0) is 25.7 Å². The van der Waals surface area contributed by atoms with Crippen LogP contribution in [0.1, 0.15) is 25.7 Å².